The molecule has 1 aromatic carbocycles. The van der Waals surface area contributed by atoms with Crippen molar-refractivity contribution >= 4 is 11.0 Å². The lowest BCUT2D eigenvalue weighted by molar-refractivity contribution is -0.464. The van der Waals surface area contributed by atoms with Gasteiger partial charge in [0, 0.05) is 11.0 Å². The van der Waals surface area contributed by atoms with Crippen molar-refractivity contribution in [1.29, 1.82) is 5.26 Å². The Morgan fingerprint density at radius 3 is 2.62 bits per heavy atom. The molecule has 0 unspecified atom stereocenters. The van der Waals surface area contributed by atoms with Gasteiger partial charge < -0.3 is 9.94 Å². The van der Waals surface area contributed by atoms with Crippen LogP contribution < -0.4 is 4.43 Å². The van der Waals surface area contributed by atoms with E-state index in [0.717, 1.165) is 0 Å². The van der Waals surface area contributed by atoms with Gasteiger partial charge in [0.2, 0.25) is 0 Å². The van der Waals surface area contributed by atoms with Crippen molar-refractivity contribution in [2.75, 3.05) is 0 Å². The lowest BCUT2D eigenvalue weighted by atomic mass is 10.2. The standard InChI is InChI=1S/C9H3F2N3O2/c10-6-1-8-9(2-7(6)11)14(16)5(3-12)4-13(8)15/h1-2,4H. The second kappa shape index (κ2) is 3.27. The molecule has 0 atom stereocenters. The summed E-state index contributed by atoms with van der Waals surface area (Å²) >= 11 is 0. The van der Waals surface area contributed by atoms with Gasteiger partial charge in [0.15, 0.2) is 17.3 Å². The molecular formula is C9H3F2N3O2. The van der Waals surface area contributed by atoms with Gasteiger partial charge in [-0.1, -0.05) is 0 Å². The molecule has 0 amide bonds. The van der Waals surface area contributed by atoms with Crippen molar-refractivity contribution in [3.05, 3.63) is 45.8 Å². The number of nitriles is 1. The minimum atomic E-state index is -1.26. The number of benzene rings is 1. The summed E-state index contributed by atoms with van der Waals surface area (Å²) < 4.78 is 25.9. The third-order valence-electron chi connectivity index (χ3n) is 2.05. The first kappa shape index (κ1) is 10.0. The van der Waals surface area contributed by atoms with Crippen molar-refractivity contribution in [2.45, 2.75) is 0 Å². The summed E-state index contributed by atoms with van der Waals surface area (Å²) in [5, 5.41) is 20.0. The second-order valence-corrected chi connectivity index (χ2v) is 3.00. The van der Waals surface area contributed by atoms with E-state index in [2.05, 4.69) is 0 Å². The molecule has 0 bridgehead atoms. The third-order valence-corrected chi connectivity index (χ3v) is 2.05. The minimum Gasteiger partial charge on any atom is -0.804 e. The van der Waals surface area contributed by atoms with Crippen LogP contribution in [0.5, 0.6) is 0 Å². The van der Waals surface area contributed by atoms with Gasteiger partial charge in [-0.3, -0.25) is 0 Å². The SMILES string of the molecule is N#Cc1c[n+](=O)c2cc(F)c(F)cc2n1[O-]. The van der Waals surface area contributed by atoms with Crippen LogP contribution in [-0.4, -0.2) is 4.73 Å². The molecule has 16 heavy (non-hydrogen) atoms. The Hall–Kier alpha value is -2.49. The summed E-state index contributed by atoms with van der Waals surface area (Å²) in [6, 6.07) is 2.66. The number of hydrogen-bond acceptors (Lipinski definition) is 3. The van der Waals surface area contributed by atoms with Gasteiger partial charge in [0.1, 0.15) is 11.6 Å². The van der Waals surface area contributed by atoms with Gasteiger partial charge in [0.05, 0.1) is 10.5 Å². The van der Waals surface area contributed by atoms with Gasteiger partial charge in [-0.05, 0) is 0 Å². The Bertz CT molecular complexity index is 688. The van der Waals surface area contributed by atoms with Crippen LogP contribution in [-0.2, 0) is 0 Å². The van der Waals surface area contributed by atoms with Crippen LogP contribution in [0, 0.1) is 33.1 Å². The summed E-state index contributed by atoms with van der Waals surface area (Å²) in [5.74, 6) is -2.49. The van der Waals surface area contributed by atoms with E-state index in [0.29, 0.717) is 18.3 Å². The predicted molar refractivity (Wildman–Crippen MR) is 48.7 cm³/mol. The molecule has 1 heterocycles. The summed E-state index contributed by atoms with van der Waals surface area (Å²) in [6.45, 7) is 0. The van der Waals surface area contributed by atoms with Crippen LogP contribution in [0.1, 0.15) is 5.69 Å². The summed E-state index contributed by atoms with van der Waals surface area (Å²) in [7, 11) is 0. The molecule has 0 radical (unpaired) electrons. The average Bonchev–Trinajstić information content (AvgIpc) is 2.26. The maximum atomic E-state index is 12.9. The molecule has 2 rings (SSSR count). The lowest BCUT2D eigenvalue weighted by Crippen LogP contribution is -2.19. The smallest absolute Gasteiger partial charge is 0.289 e. The van der Waals surface area contributed by atoms with Gasteiger partial charge >= 0.3 is 0 Å². The molecule has 2 aromatic rings. The van der Waals surface area contributed by atoms with Crippen LogP contribution in [0.15, 0.2) is 18.3 Å². The zero-order valence-electron chi connectivity index (χ0n) is 7.65. The zero-order valence-corrected chi connectivity index (χ0v) is 7.65. The van der Waals surface area contributed by atoms with Crippen molar-refractivity contribution < 1.29 is 13.2 Å². The first-order valence-corrected chi connectivity index (χ1v) is 4.09. The molecule has 5 nitrogen and oxygen atoms in total. The Balaban J connectivity index is 3.04. The molecule has 0 fully saturated rings. The topological polar surface area (TPSA) is 74.8 Å². The van der Waals surface area contributed by atoms with E-state index < -0.39 is 22.8 Å². The Kier molecular flexibility index (Phi) is 2.05. The zero-order chi connectivity index (χ0) is 11.9. The van der Waals surface area contributed by atoms with Crippen LogP contribution in [0.3, 0.4) is 0 Å². The van der Waals surface area contributed by atoms with Gasteiger partial charge in [0.25, 0.3) is 11.7 Å². The highest BCUT2D eigenvalue weighted by molar-refractivity contribution is 5.72. The first-order chi connectivity index (χ1) is 7.54. The fraction of sp³-hybridized carbons (Fsp3) is 0. The highest BCUT2D eigenvalue weighted by Gasteiger charge is 2.15. The van der Waals surface area contributed by atoms with Gasteiger partial charge in [-0.15, -0.1) is 0 Å². The van der Waals surface area contributed by atoms with Crippen LogP contribution in [0.4, 0.5) is 8.78 Å². The summed E-state index contributed by atoms with van der Waals surface area (Å²) in [5.41, 5.74) is -1.23. The molecule has 0 aliphatic rings. The van der Waals surface area contributed by atoms with Crippen LogP contribution >= 0.6 is 0 Å². The molecule has 0 spiro atoms. The molecule has 0 aliphatic carbocycles. The summed E-state index contributed by atoms with van der Waals surface area (Å²) in [6.07, 6.45) is 0.701. The molecule has 1 aromatic heterocycles. The highest BCUT2D eigenvalue weighted by atomic mass is 19.2. The summed E-state index contributed by atoms with van der Waals surface area (Å²) in [4.78, 5) is 11.3. The van der Waals surface area contributed by atoms with Crippen LogP contribution in [0.25, 0.3) is 11.0 Å². The molecular weight excluding hydrogens is 220 g/mol. The molecule has 0 saturated carbocycles. The number of fused-ring (bicyclic) bond motifs is 1. The second-order valence-electron chi connectivity index (χ2n) is 3.00. The lowest BCUT2D eigenvalue weighted by Gasteiger charge is -2.12. The maximum Gasteiger partial charge on any atom is 0.289 e. The maximum absolute atomic E-state index is 12.9. The normalized spacial score (nSPS) is 10.3. The number of rotatable bonds is 0. The fourth-order valence-corrected chi connectivity index (χ4v) is 1.30. The third kappa shape index (κ3) is 1.28. The average molecular weight is 223 g/mol. The number of aromatic nitrogens is 2. The van der Waals surface area contributed by atoms with E-state index in [9.17, 15) is 18.9 Å². The van der Waals surface area contributed by atoms with Crippen molar-refractivity contribution in [1.82, 2.24) is 4.73 Å². The van der Waals surface area contributed by atoms with E-state index in [1.807, 2.05) is 0 Å². The fourth-order valence-electron chi connectivity index (χ4n) is 1.30. The van der Waals surface area contributed by atoms with Gasteiger partial charge in [-0.2, -0.15) is 5.26 Å². The van der Waals surface area contributed by atoms with E-state index >= 15 is 0 Å². The van der Waals surface area contributed by atoms with Crippen molar-refractivity contribution in [3.8, 4) is 6.07 Å². The largest absolute Gasteiger partial charge is 0.804 e. The number of nitrogens with zero attached hydrogens (tertiary/aromatic N) is 3. The Morgan fingerprint density at radius 2 is 2.00 bits per heavy atom. The first-order valence-electron chi connectivity index (χ1n) is 4.09. The van der Waals surface area contributed by atoms with E-state index in [1.165, 1.54) is 6.07 Å². The Morgan fingerprint density at radius 1 is 1.38 bits per heavy atom. The number of hydrogen-bond donors (Lipinski definition) is 0. The number of halogens is 2. The molecule has 80 valence electrons. The van der Waals surface area contributed by atoms with E-state index in [-0.39, 0.29) is 14.7 Å². The highest BCUT2D eigenvalue weighted by Crippen LogP contribution is 2.15. The molecule has 7 heteroatoms. The van der Waals surface area contributed by atoms with Gasteiger partial charge in [-0.25, -0.2) is 8.78 Å². The molecule has 0 N–H and O–H groups in total. The van der Waals surface area contributed by atoms with Crippen molar-refractivity contribution in [3.63, 3.8) is 0 Å². The van der Waals surface area contributed by atoms with E-state index in [1.54, 1.807) is 0 Å². The van der Waals surface area contributed by atoms with E-state index in [4.69, 9.17) is 5.26 Å². The molecule has 0 saturated heterocycles. The monoisotopic (exact) mass is 223 g/mol. The quantitative estimate of drug-likeness (QED) is 0.626. The van der Waals surface area contributed by atoms with Crippen molar-refractivity contribution in [2.24, 2.45) is 0 Å². The molecule has 0 aliphatic heterocycles. The minimum absolute atomic E-state index is 0.0756. The Labute approximate surface area is 87.0 Å². The predicted octanol–water partition coefficient (Wildman–Crippen LogP) is 1.05. The van der Waals surface area contributed by atoms with Crippen LogP contribution in [0.2, 0.25) is 0 Å².